The number of carboxylic acids is 6. The van der Waals surface area contributed by atoms with E-state index >= 15 is 0 Å². The highest BCUT2D eigenvalue weighted by Gasteiger charge is 2.28. The van der Waals surface area contributed by atoms with Crippen LogP contribution in [-0.4, -0.2) is 148 Å². The van der Waals surface area contributed by atoms with Gasteiger partial charge in [0, 0.05) is 37.2 Å². The Bertz CT molecular complexity index is 1510. The molecule has 62 heavy (non-hydrogen) atoms. The molecular weight excluding hydrogens is 876 g/mol. The van der Waals surface area contributed by atoms with E-state index in [2.05, 4.69) is 10.6 Å². The van der Waals surface area contributed by atoms with E-state index in [1.165, 1.54) is 0 Å². The van der Waals surface area contributed by atoms with Crippen molar-refractivity contribution < 1.29 is 102 Å². The van der Waals surface area contributed by atoms with Gasteiger partial charge in [-0.3, -0.25) is 47.5 Å². The van der Waals surface area contributed by atoms with E-state index in [1.807, 2.05) is 6.92 Å². The molecule has 0 aliphatic rings. The van der Waals surface area contributed by atoms with Crippen LogP contribution in [0.4, 0.5) is 0 Å². The zero-order chi connectivity index (χ0) is 49.8. The fraction of sp³-hybridized carbons (Fsp3) is 0.735. The van der Waals surface area contributed by atoms with Gasteiger partial charge in [-0.25, -0.2) is 0 Å². The minimum absolute atomic E-state index is 0.0492. The third-order valence-electron chi connectivity index (χ3n) is 7.48. The Labute approximate surface area is 358 Å². The maximum Gasteiger partial charge on any atom is 0.373 e. The lowest BCUT2D eigenvalue weighted by atomic mass is 10.1. The van der Waals surface area contributed by atoms with Crippen molar-refractivity contribution in [2.75, 3.05) is 25.0 Å². The van der Waals surface area contributed by atoms with Crippen molar-refractivity contribution in [3.63, 3.8) is 0 Å². The van der Waals surface area contributed by atoms with Crippen molar-refractivity contribution in [2.45, 2.75) is 122 Å². The molecule has 0 aliphatic heterocycles. The maximum atomic E-state index is 11.6. The van der Waals surface area contributed by atoms with Crippen LogP contribution in [0.15, 0.2) is 0 Å². The molecule has 7 atom stereocenters. The van der Waals surface area contributed by atoms with Gasteiger partial charge < -0.3 is 73.2 Å². The summed E-state index contributed by atoms with van der Waals surface area (Å²) in [6.07, 6.45) is 1.92. The summed E-state index contributed by atoms with van der Waals surface area (Å²) in [6, 6.07) is -3.00. The fourth-order valence-corrected chi connectivity index (χ4v) is 7.22. The average Bonchev–Trinajstić information content (AvgIpc) is 3.12. The van der Waals surface area contributed by atoms with Gasteiger partial charge in [-0.05, 0) is 52.5 Å². The molecule has 0 radical (unpaired) electrons. The van der Waals surface area contributed by atoms with Gasteiger partial charge in [-0.15, -0.1) is 0 Å². The van der Waals surface area contributed by atoms with Gasteiger partial charge in [0.25, 0.3) is 0 Å². The quantitative estimate of drug-likeness (QED) is 0.0462. The molecule has 0 rings (SSSR count). The van der Waals surface area contributed by atoms with Gasteiger partial charge >= 0.3 is 49.6 Å². The first-order valence-corrected chi connectivity index (χ1v) is 22.7. The topological polar surface area (TPSA) is 489 Å². The number of nitrogens with one attached hydrogen (secondary N) is 2. The number of carbonyl (C=O) groups excluding carboxylic acids is 4. The molecule has 0 heterocycles. The predicted molar refractivity (Wildman–Crippen MR) is 217 cm³/mol. The molecule has 26 nitrogen and oxygen atoms in total. The molecule has 0 spiro atoms. The van der Waals surface area contributed by atoms with Crippen molar-refractivity contribution in [1.29, 1.82) is 0 Å². The minimum atomic E-state index is -4.19. The molecule has 0 saturated heterocycles. The first kappa shape index (κ1) is 66.5. The molecule has 0 aromatic carbocycles. The number of carbonyl (C=O) groups is 8. The summed E-state index contributed by atoms with van der Waals surface area (Å²) in [7, 11) is -7.50. The lowest BCUT2D eigenvalue weighted by Gasteiger charge is -2.16. The van der Waals surface area contributed by atoms with E-state index in [0.29, 0.717) is 45.1 Å². The summed E-state index contributed by atoms with van der Waals surface area (Å²) in [5.74, 6) is -9.11. The maximum absolute atomic E-state index is 11.6. The molecular formula is C34H65N5O21P2. The number of amides is 2. The van der Waals surface area contributed by atoms with Crippen LogP contribution < -0.4 is 27.8 Å². The largest absolute Gasteiger partial charge is 0.481 e. The van der Waals surface area contributed by atoms with Crippen LogP contribution >= 0.6 is 15.0 Å². The number of rotatable bonds is 27. The van der Waals surface area contributed by atoms with Crippen LogP contribution in [0, 0.1) is 11.8 Å². The second-order valence-corrected chi connectivity index (χ2v) is 17.8. The van der Waals surface area contributed by atoms with Crippen LogP contribution in [-0.2, 0) is 57.1 Å². The molecule has 0 bridgehead atoms. The van der Waals surface area contributed by atoms with E-state index in [1.54, 1.807) is 20.8 Å². The highest BCUT2D eigenvalue weighted by molar-refractivity contribution is 7.58. The van der Waals surface area contributed by atoms with Crippen LogP contribution in [0.25, 0.3) is 0 Å². The van der Waals surface area contributed by atoms with Crippen molar-refractivity contribution >= 4 is 68.7 Å². The number of aliphatic carboxylic acids is 6. The Hall–Kier alpha value is -4.64. The average molecular weight is 942 g/mol. The van der Waals surface area contributed by atoms with E-state index < -0.39 is 99.1 Å². The monoisotopic (exact) mass is 941 g/mol. The summed E-state index contributed by atoms with van der Waals surface area (Å²) in [6.45, 7) is 7.27. The van der Waals surface area contributed by atoms with Gasteiger partial charge in [0.15, 0.2) is 0 Å². The minimum Gasteiger partial charge on any atom is -0.481 e. The summed E-state index contributed by atoms with van der Waals surface area (Å²) in [4.78, 5) is 128. The van der Waals surface area contributed by atoms with E-state index in [9.17, 15) is 52.4 Å². The van der Waals surface area contributed by atoms with E-state index in [-0.39, 0.29) is 56.2 Å². The molecule has 3 unspecified atom stereocenters. The number of carboxylic acid groups (broad SMARTS) is 6. The van der Waals surface area contributed by atoms with Crippen LogP contribution in [0.5, 0.6) is 0 Å². The van der Waals surface area contributed by atoms with Gasteiger partial charge in [-0.1, -0.05) is 26.7 Å². The van der Waals surface area contributed by atoms with Gasteiger partial charge in [0.1, 0.15) is 6.04 Å². The zero-order valence-electron chi connectivity index (χ0n) is 35.1. The van der Waals surface area contributed by atoms with Crippen molar-refractivity contribution in [3.8, 4) is 0 Å². The van der Waals surface area contributed by atoms with E-state index in [4.69, 9.17) is 67.2 Å². The normalized spacial score (nSPS) is 14.2. The molecule has 0 aromatic heterocycles. The van der Waals surface area contributed by atoms with Gasteiger partial charge in [-0.2, -0.15) is 9.59 Å². The lowest BCUT2D eigenvalue weighted by molar-refractivity contribution is -0.192. The van der Waals surface area contributed by atoms with Crippen molar-refractivity contribution in [1.82, 2.24) is 10.6 Å². The Morgan fingerprint density at radius 1 is 0.613 bits per heavy atom. The van der Waals surface area contributed by atoms with Gasteiger partial charge in [0.2, 0.25) is 19.2 Å². The fourth-order valence-electron chi connectivity index (χ4n) is 4.42. The molecule has 0 aliphatic carbocycles. The third-order valence-corrected chi connectivity index (χ3v) is 10.4. The molecule has 2 amide bonds. The number of nitrogens with two attached hydrogens (primary N) is 3. The smallest absolute Gasteiger partial charge is 0.373 e. The summed E-state index contributed by atoms with van der Waals surface area (Å²) in [5, 5.41) is 56.0. The first-order valence-electron chi connectivity index (χ1n) is 18.9. The molecule has 28 heteroatoms. The SMILES string of the molecule is CCCC(CP(=O)(O)CCCN)C(=O)O.CCCC(CP(=O)(O)O)C(=O)O.C[C@@H](CCC(=O)O)NC(=O)C[C@H](N)C(=O)O.C[C@@H](CCC(=O)O)NC(=O)[C@@H](N)CC(=O)O.O=C=O. The standard InChI is InChI=1S/2C9H16N2O5.C9H20NO4P.C6H13O5P.CO2/c1-5(2-3-8(13)14)11-7(12)4-6(10)9(15)16;1-5(2-3-7(12)13)11-9(16)6(10)4-8(14)15;1-2-4-8(9(11)12)7-15(13,14)6-3-5-10;1-2-3-5(6(7)8)4-12(9,10)11;2-1-3/h5-6H,2-4,10H2,1H3,(H,11,12)(H,13,14)(H,15,16);5-6H,2-4,10H2,1H3,(H,11,16)(H,12,13)(H,14,15);8H,2-7,10H2,1H3,(H,11,12)(H,13,14);5H,2-4H2,1H3,(H,7,8)(H2,9,10,11);/t2*5-,6-;;;/m00.../s1. The highest BCUT2D eigenvalue weighted by Crippen LogP contribution is 2.43. The Morgan fingerprint density at radius 3 is 1.34 bits per heavy atom. The summed E-state index contributed by atoms with van der Waals surface area (Å²) >= 11 is 0. The Morgan fingerprint density at radius 2 is 1.02 bits per heavy atom. The summed E-state index contributed by atoms with van der Waals surface area (Å²) in [5.41, 5.74) is 15.7. The molecule has 362 valence electrons. The van der Waals surface area contributed by atoms with Crippen LogP contribution in [0.3, 0.4) is 0 Å². The second kappa shape index (κ2) is 38.1. The molecule has 0 aromatic rings. The van der Waals surface area contributed by atoms with Crippen molar-refractivity contribution in [2.24, 2.45) is 29.0 Å². The van der Waals surface area contributed by atoms with Crippen molar-refractivity contribution in [3.05, 3.63) is 0 Å². The predicted octanol–water partition coefficient (Wildman–Crippen LogP) is -0.496. The van der Waals surface area contributed by atoms with Crippen LogP contribution in [0.2, 0.25) is 0 Å². The zero-order valence-corrected chi connectivity index (χ0v) is 36.9. The first-order chi connectivity index (χ1) is 28.4. The number of hydrogen-bond acceptors (Lipinski definition) is 15. The van der Waals surface area contributed by atoms with Crippen LogP contribution in [0.1, 0.15) is 98.3 Å². The Kier molecular flexibility index (Phi) is 40.8. The summed E-state index contributed by atoms with van der Waals surface area (Å²) < 4.78 is 22.1. The lowest BCUT2D eigenvalue weighted by Crippen LogP contribution is -2.45. The number of hydrogen-bond donors (Lipinski definition) is 14. The molecule has 17 N–H and O–H groups in total. The van der Waals surface area contributed by atoms with E-state index in [0.717, 1.165) is 0 Å². The second-order valence-electron chi connectivity index (χ2n) is 13.6. The molecule has 0 fully saturated rings. The third kappa shape index (κ3) is 48.0. The molecule has 0 saturated carbocycles. The van der Waals surface area contributed by atoms with Gasteiger partial charge in [0.05, 0.1) is 36.9 Å². The highest BCUT2D eigenvalue weighted by atomic mass is 31.2. The Balaban J connectivity index is -0.000000229.